The molecule has 1 aromatic carbocycles. The average Bonchev–Trinajstić information content (AvgIpc) is 3.38. The van der Waals surface area contributed by atoms with Crippen LogP contribution in [0.3, 0.4) is 0 Å². The van der Waals surface area contributed by atoms with Crippen LogP contribution in [0.1, 0.15) is 5.76 Å². The molecule has 0 atom stereocenters. The van der Waals surface area contributed by atoms with E-state index in [1.165, 1.54) is 0 Å². The van der Waals surface area contributed by atoms with E-state index >= 15 is 0 Å². The molecule has 0 spiro atoms. The minimum Gasteiger partial charge on any atom is -0.467 e. The number of aromatic nitrogens is 4. The summed E-state index contributed by atoms with van der Waals surface area (Å²) >= 11 is 0. The number of benzene rings is 1. The molecule has 0 saturated carbocycles. The fourth-order valence-electron chi connectivity index (χ4n) is 3.15. The Morgan fingerprint density at radius 1 is 0.962 bits per heavy atom. The molecule has 0 aliphatic rings. The smallest absolute Gasteiger partial charge is 0.180 e. The highest BCUT2D eigenvalue weighted by Crippen LogP contribution is 2.29. The molecule has 126 valence electrons. The quantitative estimate of drug-likeness (QED) is 0.532. The number of pyridine rings is 1. The van der Waals surface area contributed by atoms with E-state index in [-0.39, 0.29) is 0 Å². The van der Waals surface area contributed by atoms with Gasteiger partial charge in [0.15, 0.2) is 11.5 Å². The van der Waals surface area contributed by atoms with Gasteiger partial charge in [-0.1, -0.05) is 18.2 Å². The van der Waals surface area contributed by atoms with Gasteiger partial charge < -0.3 is 9.73 Å². The van der Waals surface area contributed by atoms with Gasteiger partial charge in [-0.3, -0.25) is 9.38 Å². The van der Waals surface area contributed by atoms with Gasteiger partial charge in [-0.15, -0.1) is 0 Å². The lowest BCUT2D eigenvalue weighted by Gasteiger charge is -2.11. The van der Waals surface area contributed by atoms with Crippen molar-refractivity contribution in [3.05, 3.63) is 79.3 Å². The van der Waals surface area contributed by atoms with Crippen molar-refractivity contribution in [3.63, 3.8) is 0 Å². The van der Waals surface area contributed by atoms with Gasteiger partial charge >= 0.3 is 0 Å². The van der Waals surface area contributed by atoms with Crippen LogP contribution in [0.5, 0.6) is 0 Å². The highest BCUT2D eigenvalue weighted by atomic mass is 16.3. The minimum atomic E-state index is 0.556. The topological polar surface area (TPSA) is 68.2 Å². The number of imidazole rings is 1. The second-order valence-electron chi connectivity index (χ2n) is 5.92. The maximum atomic E-state index is 5.37. The molecule has 0 unspecified atom stereocenters. The van der Waals surface area contributed by atoms with E-state index in [4.69, 9.17) is 4.42 Å². The number of fused-ring (bicyclic) bond motifs is 2. The largest absolute Gasteiger partial charge is 0.467 e. The third kappa shape index (κ3) is 2.39. The number of furan rings is 1. The van der Waals surface area contributed by atoms with Gasteiger partial charge in [0.25, 0.3) is 0 Å². The van der Waals surface area contributed by atoms with Crippen molar-refractivity contribution < 1.29 is 4.42 Å². The molecule has 6 nitrogen and oxygen atoms in total. The van der Waals surface area contributed by atoms with Crippen molar-refractivity contribution >= 4 is 22.4 Å². The zero-order chi connectivity index (χ0) is 17.3. The Kier molecular flexibility index (Phi) is 3.38. The highest BCUT2D eigenvalue weighted by Gasteiger charge is 2.12. The Hall–Kier alpha value is -3.67. The molecular formula is C20H15N5O. The lowest BCUT2D eigenvalue weighted by molar-refractivity contribution is 0.518. The molecule has 4 aromatic heterocycles. The number of rotatable bonds is 4. The van der Waals surface area contributed by atoms with Crippen LogP contribution < -0.4 is 5.32 Å². The first-order valence-corrected chi connectivity index (χ1v) is 8.32. The first kappa shape index (κ1) is 14.7. The van der Waals surface area contributed by atoms with E-state index in [9.17, 15) is 0 Å². The number of hydrogen-bond acceptors (Lipinski definition) is 5. The van der Waals surface area contributed by atoms with Crippen LogP contribution in [-0.2, 0) is 6.54 Å². The first-order valence-electron chi connectivity index (χ1n) is 8.32. The lowest BCUT2D eigenvalue weighted by Crippen LogP contribution is -2.04. The molecule has 0 saturated heterocycles. The molecule has 0 aliphatic carbocycles. The van der Waals surface area contributed by atoms with E-state index in [1.807, 2.05) is 47.1 Å². The van der Waals surface area contributed by atoms with Gasteiger partial charge in [0, 0.05) is 29.5 Å². The van der Waals surface area contributed by atoms with Crippen molar-refractivity contribution in [2.75, 3.05) is 5.32 Å². The van der Waals surface area contributed by atoms with Crippen LogP contribution in [0, 0.1) is 0 Å². The number of hydrogen-bond donors (Lipinski definition) is 1. The Labute approximate surface area is 149 Å². The molecule has 1 N–H and O–H groups in total. The minimum absolute atomic E-state index is 0.556. The van der Waals surface area contributed by atoms with Crippen molar-refractivity contribution in [2.45, 2.75) is 6.54 Å². The summed E-state index contributed by atoms with van der Waals surface area (Å²) in [7, 11) is 0. The predicted octanol–water partition coefficient (Wildman–Crippen LogP) is 4.15. The summed E-state index contributed by atoms with van der Waals surface area (Å²) < 4.78 is 7.41. The third-order valence-corrected chi connectivity index (χ3v) is 4.36. The van der Waals surface area contributed by atoms with Crippen molar-refractivity contribution in [1.82, 2.24) is 19.4 Å². The van der Waals surface area contributed by atoms with E-state index < -0.39 is 0 Å². The molecule has 26 heavy (non-hydrogen) atoms. The van der Waals surface area contributed by atoms with E-state index in [0.717, 1.165) is 33.6 Å². The van der Waals surface area contributed by atoms with Gasteiger partial charge in [-0.2, -0.15) is 0 Å². The molecule has 5 rings (SSSR count). The molecular weight excluding hydrogens is 326 g/mol. The van der Waals surface area contributed by atoms with Gasteiger partial charge in [-0.05, 0) is 24.3 Å². The van der Waals surface area contributed by atoms with Gasteiger partial charge in [-0.25, -0.2) is 9.97 Å². The van der Waals surface area contributed by atoms with Gasteiger partial charge in [0.05, 0.1) is 30.2 Å². The van der Waals surface area contributed by atoms with Gasteiger partial charge in [0.1, 0.15) is 5.76 Å². The molecule has 0 radical (unpaired) electrons. The summed E-state index contributed by atoms with van der Waals surface area (Å²) in [6.45, 7) is 0.556. The highest BCUT2D eigenvalue weighted by molar-refractivity contribution is 5.94. The van der Waals surface area contributed by atoms with E-state index in [2.05, 4.69) is 32.4 Å². The summed E-state index contributed by atoms with van der Waals surface area (Å²) in [4.78, 5) is 13.5. The van der Waals surface area contributed by atoms with Crippen LogP contribution in [-0.4, -0.2) is 19.4 Å². The van der Waals surface area contributed by atoms with Crippen LogP contribution in [0.2, 0.25) is 0 Å². The van der Waals surface area contributed by atoms with E-state index in [1.54, 1.807) is 18.7 Å². The maximum absolute atomic E-state index is 5.37. The fraction of sp³-hybridized carbons (Fsp3) is 0.0500. The maximum Gasteiger partial charge on any atom is 0.180 e. The molecule has 6 heteroatoms. The molecule has 4 heterocycles. The Morgan fingerprint density at radius 3 is 2.88 bits per heavy atom. The standard InChI is InChI=1S/C20H15N5O/c1-5-16(15-6-2-8-21-17(15)7-1)18-13-24-19(20-22-9-10-25(18)20)23-12-14-4-3-11-26-14/h1-11,13H,12H2,(H,23,24). The Morgan fingerprint density at radius 2 is 1.96 bits per heavy atom. The fourth-order valence-corrected chi connectivity index (χ4v) is 3.15. The second-order valence-corrected chi connectivity index (χ2v) is 5.92. The first-order chi connectivity index (χ1) is 12.9. The van der Waals surface area contributed by atoms with Crippen molar-refractivity contribution in [3.8, 4) is 11.3 Å². The number of anilines is 1. The molecule has 0 bridgehead atoms. The van der Waals surface area contributed by atoms with Crippen LogP contribution in [0.4, 0.5) is 5.82 Å². The Bertz CT molecular complexity index is 1190. The normalized spacial score (nSPS) is 11.2. The summed E-state index contributed by atoms with van der Waals surface area (Å²) in [5.41, 5.74) is 3.77. The monoisotopic (exact) mass is 341 g/mol. The third-order valence-electron chi connectivity index (χ3n) is 4.36. The van der Waals surface area contributed by atoms with Crippen LogP contribution >= 0.6 is 0 Å². The summed E-state index contributed by atoms with van der Waals surface area (Å²) in [6.07, 6.45) is 9.05. The zero-order valence-corrected chi connectivity index (χ0v) is 13.8. The average molecular weight is 341 g/mol. The van der Waals surface area contributed by atoms with E-state index in [0.29, 0.717) is 12.4 Å². The summed E-state index contributed by atoms with van der Waals surface area (Å²) in [5, 5.41) is 4.38. The van der Waals surface area contributed by atoms with Crippen LogP contribution in [0.15, 0.2) is 77.9 Å². The SMILES string of the molecule is c1coc(CNc2ncc(-c3cccc4ncccc34)n3ccnc23)c1. The molecule has 0 fully saturated rings. The summed E-state index contributed by atoms with van der Waals surface area (Å²) in [6, 6.07) is 13.9. The summed E-state index contributed by atoms with van der Waals surface area (Å²) in [5.74, 6) is 1.56. The molecule has 0 aliphatic heterocycles. The number of nitrogens with one attached hydrogen (secondary N) is 1. The van der Waals surface area contributed by atoms with Crippen LogP contribution in [0.25, 0.3) is 27.8 Å². The van der Waals surface area contributed by atoms with Gasteiger partial charge in [0.2, 0.25) is 0 Å². The second kappa shape index (κ2) is 6.00. The van der Waals surface area contributed by atoms with Crippen molar-refractivity contribution in [1.29, 1.82) is 0 Å². The van der Waals surface area contributed by atoms with Crippen molar-refractivity contribution in [2.24, 2.45) is 0 Å². The predicted molar refractivity (Wildman–Crippen MR) is 99.8 cm³/mol. The molecule has 5 aromatic rings. The zero-order valence-electron chi connectivity index (χ0n) is 13.8. The lowest BCUT2D eigenvalue weighted by atomic mass is 10.1. The molecule has 0 amide bonds. The Balaban J connectivity index is 1.61. The number of nitrogens with zero attached hydrogens (tertiary/aromatic N) is 4.